The Morgan fingerprint density at radius 2 is 2.14 bits per heavy atom. The van der Waals surface area contributed by atoms with Crippen molar-refractivity contribution in [2.45, 2.75) is 37.1 Å². The lowest BCUT2D eigenvalue weighted by atomic mass is 10.1. The van der Waals surface area contributed by atoms with Crippen LogP contribution in [0.15, 0.2) is 0 Å². The molecule has 0 saturated carbocycles. The molecule has 3 nitrogen and oxygen atoms in total. The zero-order chi connectivity index (χ0) is 10.6. The summed E-state index contributed by atoms with van der Waals surface area (Å²) in [7, 11) is 1.89. The molecule has 1 amide bonds. The lowest BCUT2D eigenvalue weighted by Gasteiger charge is -2.32. The summed E-state index contributed by atoms with van der Waals surface area (Å²) >= 11 is 3.39. The van der Waals surface area contributed by atoms with Gasteiger partial charge in [-0.15, -0.1) is 0 Å². The van der Waals surface area contributed by atoms with E-state index in [0.29, 0.717) is 6.04 Å². The first-order valence-corrected chi connectivity index (χ1v) is 6.06. The van der Waals surface area contributed by atoms with E-state index in [9.17, 15) is 4.79 Å². The van der Waals surface area contributed by atoms with Gasteiger partial charge in [0, 0.05) is 26.3 Å². The van der Waals surface area contributed by atoms with E-state index in [1.807, 2.05) is 18.9 Å². The number of carbonyl (C=O) groups is 1. The zero-order valence-electron chi connectivity index (χ0n) is 8.83. The molecule has 1 atom stereocenters. The van der Waals surface area contributed by atoms with Crippen LogP contribution in [0.5, 0.6) is 0 Å². The van der Waals surface area contributed by atoms with Gasteiger partial charge in [0.1, 0.15) is 0 Å². The first kappa shape index (κ1) is 12.0. The molecule has 0 aromatic rings. The molecule has 0 spiro atoms. The predicted octanol–water partition coefficient (Wildman–Crippen LogP) is 1.80. The summed E-state index contributed by atoms with van der Waals surface area (Å²) in [4.78, 5) is 13.6. The molecule has 0 aromatic carbocycles. The Hall–Kier alpha value is -0.0900. The third-order valence-corrected chi connectivity index (χ3v) is 3.75. The average Bonchev–Trinajstić information content (AvgIpc) is 2.27. The van der Waals surface area contributed by atoms with E-state index >= 15 is 0 Å². The summed E-state index contributed by atoms with van der Waals surface area (Å²) < 4.78 is 5.27. The molecule has 0 radical (unpaired) electrons. The van der Waals surface area contributed by atoms with Crippen molar-refractivity contribution in [1.82, 2.24) is 4.90 Å². The number of alkyl halides is 1. The normalized spacial score (nSPS) is 20.5. The van der Waals surface area contributed by atoms with E-state index in [1.54, 1.807) is 0 Å². The van der Waals surface area contributed by atoms with Crippen LogP contribution in [-0.2, 0) is 9.53 Å². The van der Waals surface area contributed by atoms with E-state index in [4.69, 9.17) is 4.74 Å². The van der Waals surface area contributed by atoms with E-state index in [-0.39, 0.29) is 10.7 Å². The molecule has 82 valence electrons. The first-order chi connectivity index (χ1) is 6.66. The SMILES string of the molecule is CCC(Br)C(=O)N(C)C1CCOCC1. The number of nitrogens with zero attached hydrogens (tertiary/aromatic N) is 1. The molecule has 0 bridgehead atoms. The van der Waals surface area contributed by atoms with Crippen molar-refractivity contribution in [3.05, 3.63) is 0 Å². The second-order valence-corrected chi connectivity index (χ2v) is 4.77. The minimum Gasteiger partial charge on any atom is -0.381 e. The number of amides is 1. The third-order valence-electron chi connectivity index (χ3n) is 2.71. The Labute approximate surface area is 93.9 Å². The fraction of sp³-hybridized carbons (Fsp3) is 0.900. The third kappa shape index (κ3) is 2.95. The van der Waals surface area contributed by atoms with Crippen molar-refractivity contribution in [3.8, 4) is 0 Å². The van der Waals surface area contributed by atoms with E-state index in [1.165, 1.54) is 0 Å². The van der Waals surface area contributed by atoms with Gasteiger partial charge in [-0.25, -0.2) is 0 Å². The van der Waals surface area contributed by atoms with Gasteiger partial charge in [-0.2, -0.15) is 0 Å². The standard InChI is InChI=1S/C10H18BrNO2/c1-3-9(11)10(13)12(2)8-4-6-14-7-5-8/h8-9H,3-7H2,1-2H3. The van der Waals surface area contributed by atoms with Crippen LogP contribution < -0.4 is 0 Å². The van der Waals surface area contributed by atoms with Gasteiger partial charge in [0.2, 0.25) is 5.91 Å². The van der Waals surface area contributed by atoms with Crippen molar-refractivity contribution in [1.29, 1.82) is 0 Å². The van der Waals surface area contributed by atoms with Crippen molar-refractivity contribution in [2.75, 3.05) is 20.3 Å². The number of rotatable bonds is 3. The average molecular weight is 264 g/mol. The van der Waals surface area contributed by atoms with Crippen LogP contribution >= 0.6 is 15.9 Å². The lowest BCUT2D eigenvalue weighted by molar-refractivity contribution is -0.132. The van der Waals surface area contributed by atoms with Crippen LogP contribution in [-0.4, -0.2) is 41.9 Å². The zero-order valence-corrected chi connectivity index (χ0v) is 10.4. The van der Waals surface area contributed by atoms with Crippen molar-refractivity contribution in [2.24, 2.45) is 0 Å². The number of halogens is 1. The Kier molecular flexibility index (Phi) is 4.89. The van der Waals surface area contributed by atoms with Crippen molar-refractivity contribution < 1.29 is 9.53 Å². The second-order valence-electron chi connectivity index (χ2n) is 3.67. The Morgan fingerprint density at radius 3 is 2.64 bits per heavy atom. The molecule has 1 saturated heterocycles. The molecule has 4 heteroatoms. The Morgan fingerprint density at radius 1 is 1.57 bits per heavy atom. The van der Waals surface area contributed by atoms with Gasteiger partial charge >= 0.3 is 0 Å². The molecule has 1 aliphatic rings. The summed E-state index contributed by atoms with van der Waals surface area (Å²) in [6.45, 7) is 3.57. The smallest absolute Gasteiger partial charge is 0.236 e. The van der Waals surface area contributed by atoms with E-state index in [2.05, 4.69) is 15.9 Å². The lowest BCUT2D eigenvalue weighted by Crippen LogP contribution is -2.43. The molecular weight excluding hydrogens is 246 g/mol. The topological polar surface area (TPSA) is 29.5 Å². The number of hydrogen-bond donors (Lipinski definition) is 0. The molecule has 1 rings (SSSR count). The van der Waals surface area contributed by atoms with Gasteiger partial charge in [-0.05, 0) is 19.3 Å². The van der Waals surface area contributed by atoms with E-state index in [0.717, 1.165) is 32.5 Å². The maximum Gasteiger partial charge on any atom is 0.236 e. The van der Waals surface area contributed by atoms with Crippen LogP contribution in [0, 0.1) is 0 Å². The predicted molar refractivity (Wildman–Crippen MR) is 59.6 cm³/mol. The summed E-state index contributed by atoms with van der Waals surface area (Å²) in [5, 5.41) is 0. The summed E-state index contributed by atoms with van der Waals surface area (Å²) in [6.07, 6.45) is 2.77. The molecule has 1 unspecified atom stereocenters. The van der Waals surface area contributed by atoms with E-state index < -0.39 is 0 Å². The van der Waals surface area contributed by atoms with Gasteiger partial charge < -0.3 is 9.64 Å². The Balaban J connectivity index is 2.45. The van der Waals surface area contributed by atoms with Crippen molar-refractivity contribution >= 4 is 21.8 Å². The minimum atomic E-state index is -0.0321. The molecule has 1 aliphatic heterocycles. The Bertz CT molecular complexity index is 193. The monoisotopic (exact) mass is 263 g/mol. The molecule has 0 N–H and O–H groups in total. The second kappa shape index (κ2) is 5.71. The number of carbonyl (C=O) groups excluding carboxylic acids is 1. The fourth-order valence-corrected chi connectivity index (χ4v) is 1.97. The first-order valence-electron chi connectivity index (χ1n) is 5.15. The minimum absolute atomic E-state index is 0.0321. The van der Waals surface area contributed by atoms with Crippen LogP contribution in [0.25, 0.3) is 0 Å². The van der Waals surface area contributed by atoms with Crippen molar-refractivity contribution in [3.63, 3.8) is 0 Å². The molecular formula is C10H18BrNO2. The molecule has 0 aromatic heterocycles. The highest BCUT2D eigenvalue weighted by Crippen LogP contribution is 2.16. The fourth-order valence-electron chi connectivity index (χ4n) is 1.65. The number of hydrogen-bond acceptors (Lipinski definition) is 2. The molecule has 0 aliphatic carbocycles. The summed E-state index contributed by atoms with van der Waals surface area (Å²) in [6, 6.07) is 0.364. The summed E-state index contributed by atoms with van der Waals surface area (Å²) in [5.74, 6) is 0.194. The molecule has 14 heavy (non-hydrogen) atoms. The highest BCUT2D eigenvalue weighted by molar-refractivity contribution is 9.10. The highest BCUT2D eigenvalue weighted by Gasteiger charge is 2.25. The van der Waals surface area contributed by atoms with Crippen LogP contribution in [0.2, 0.25) is 0 Å². The van der Waals surface area contributed by atoms with Crippen LogP contribution in [0.4, 0.5) is 0 Å². The summed E-state index contributed by atoms with van der Waals surface area (Å²) in [5.41, 5.74) is 0. The number of ether oxygens (including phenoxy) is 1. The van der Waals surface area contributed by atoms with Gasteiger partial charge in [0.15, 0.2) is 0 Å². The van der Waals surface area contributed by atoms with Gasteiger partial charge in [0.05, 0.1) is 4.83 Å². The van der Waals surface area contributed by atoms with Gasteiger partial charge in [-0.3, -0.25) is 4.79 Å². The maximum atomic E-state index is 11.8. The van der Waals surface area contributed by atoms with Crippen LogP contribution in [0.3, 0.4) is 0 Å². The maximum absolute atomic E-state index is 11.8. The van der Waals surface area contributed by atoms with Gasteiger partial charge in [-0.1, -0.05) is 22.9 Å². The molecule has 1 fully saturated rings. The van der Waals surface area contributed by atoms with Crippen LogP contribution in [0.1, 0.15) is 26.2 Å². The quantitative estimate of drug-likeness (QED) is 0.727. The van der Waals surface area contributed by atoms with Gasteiger partial charge in [0.25, 0.3) is 0 Å². The highest BCUT2D eigenvalue weighted by atomic mass is 79.9. The molecule has 1 heterocycles. The largest absolute Gasteiger partial charge is 0.381 e.